The smallest absolute Gasteiger partial charge is 0.262 e. The number of halogens is 1. The Hall–Kier alpha value is -2.28. The summed E-state index contributed by atoms with van der Waals surface area (Å²) in [5.41, 5.74) is 0.817. The van der Waals surface area contributed by atoms with Gasteiger partial charge in [-0.2, -0.15) is 0 Å². The summed E-state index contributed by atoms with van der Waals surface area (Å²) in [5, 5.41) is 0. The van der Waals surface area contributed by atoms with Gasteiger partial charge in [0, 0.05) is 6.07 Å². The highest BCUT2D eigenvalue weighted by molar-refractivity contribution is 7.92. The van der Waals surface area contributed by atoms with E-state index in [4.69, 9.17) is 9.47 Å². The fraction of sp³-hybridized carbons (Fsp3) is 0.294. The van der Waals surface area contributed by atoms with Gasteiger partial charge in [-0.3, -0.25) is 4.72 Å². The molecule has 0 fully saturated rings. The summed E-state index contributed by atoms with van der Waals surface area (Å²) >= 11 is 0. The monoisotopic (exact) mass is 353 g/mol. The van der Waals surface area contributed by atoms with E-state index >= 15 is 0 Å². The number of hydrogen-bond acceptors (Lipinski definition) is 4. The van der Waals surface area contributed by atoms with Crippen LogP contribution in [0.2, 0.25) is 0 Å². The summed E-state index contributed by atoms with van der Waals surface area (Å²) in [6.45, 7) is 6.09. The van der Waals surface area contributed by atoms with Crippen molar-refractivity contribution in [2.75, 3.05) is 17.9 Å². The predicted molar refractivity (Wildman–Crippen MR) is 90.7 cm³/mol. The van der Waals surface area contributed by atoms with Crippen molar-refractivity contribution >= 4 is 15.7 Å². The lowest BCUT2D eigenvalue weighted by Crippen LogP contribution is -2.14. The second-order valence-corrected chi connectivity index (χ2v) is 6.72. The fourth-order valence-electron chi connectivity index (χ4n) is 2.14. The molecule has 2 aromatic rings. The molecule has 0 amide bonds. The predicted octanol–water partition coefficient (Wildman–Crippen LogP) is 3.73. The van der Waals surface area contributed by atoms with Crippen LogP contribution in [-0.4, -0.2) is 21.6 Å². The van der Waals surface area contributed by atoms with E-state index in [9.17, 15) is 12.8 Å². The second kappa shape index (κ2) is 7.53. The molecule has 7 heteroatoms. The van der Waals surface area contributed by atoms with Crippen LogP contribution in [0.25, 0.3) is 0 Å². The minimum absolute atomic E-state index is 0.0399. The number of nitrogens with one attached hydrogen (secondary N) is 1. The molecular weight excluding hydrogens is 333 g/mol. The summed E-state index contributed by atoms with van der Waals surface area (Å²) in [6, 6.07) is 8.27. The topological polar surface area (TPSA) is 64.6 Å². The van der Waals surface area contributed by atoms with Crippen LogP contribution in [0, 0.1) is 12.7 Å². The van der Waals surface area contributed by atoms with Crippen LogP contribution >= 0.6 is 0 Å². The van der Waals surface area contributed by atoms with E-state index in [0.29, 0.717) is 36.0 Å². The largest absolute Gasteiger partial charge is 0.490 e. The molecule has 130 valence electrons. The average Bonchev–Trinajstić information content (AvgIpc) is 2.52. The van der Waals surface area contributed by atoms with Gasteiger partial charge in [-0.25, -0.2) is 12.8 Å². The lowest BCUT2D eigenvalue weighted by Gasteiger charge is -2.14. The molecular formula is C17H20FNO4S. The number of hydrogen-bond donors (Lipinski definition) is 1. The van der Waals surface area contributed by atoms with Crippen molar-refractivity contribution in [3.8, 4) is 11.5 Å². The molecule has 0 saturated heterocycles. The molecule has 1 N–H and O–H groups in total. The number of rotatable bonds is 7. The highest BCUT2D eigenvalue weighted by Crippen LogP contribution is 2.31. The Kier molecular flexibility index (Phi) is 5.66. The summed E-state index contributed by atoms with van der Waals surface area (Å²) in [4.78, 5) is 0.0399. The van der Waals surface area contributed by atoms with Crippen LogP contribution in [0.4, 0.5) is 10.1 Å². The van der Waals surface area contributed by atoms with Crippen molar-refractivity contribution in [3.63, 3.8) is 0 Å². The maximum atomic E-state index is 13.2. The first-order chi connectivity index (χ1) is 11.4. The molecule has 0 aliphatic rings. The van der Waals surface area contributed by atoms with Crippen LogP contribution in [0.5, 0.6) is 11.5 Å². The molecule has 2 rings (SSSR count). The van der Waals surface area contributed by atoms with Gasteiger partial charge in [0.05, 0.1) is 23.8 Å². The van der Waals surface area contributed by atoms with Crippen LogP contribution in [0.3, 0.4) is 0 Å². The third kappa shape index (κ3) is 4.17. The summed E-state index contributed by atoms with van der Waals surface area (Å²) in [7, 11) is -3.83. The Morgan fingerprint density at radius 1 is 1.00 bits per heavy atom. The van der Waals surface area contributed by atoms with E-state index in [0.717, 1.165) is 0 Å². The van der Waals surface area contributed by atoms with Crippen molar-refractivity contribution in [2.45, 2.75) is 25.7 Å². The standard InChI is InChI=1S/C17H20FNO4S/c1-4-22-16-9-7-14(11-17(16)23-5-2)24(20,21)19-15-8-6-13(18)10-12(15)3/h6-11,19H,4-5H2,1-3H3. The minimum atomic E-state index is -3.83. The van der Waals surface area contributed by atoms with Gasteiger partial charge >= 0.3 is 0 Å². The normalized spacial score (nSPS) is 11.2. The lowest BCUT2D eigenvalue weighted by atomic mass is 10.2. The van der Waals surface area contributed by atoms with Crippen molar-refractivity contribution in [1.82, 2.24) is 0 Å². The quantitative estimate of drug-likeness (QED) is 0.824. The van der Waals surface area contributed by atoms with Gasteiger partial charge in [0.15, 0.2) is 11.5 Å². The van der Waals surface area contributed by atoms with Crippen molar-refractivity contribution < 1.29 is 22.3 Å². The van der Waals surface area contributed by atoms with Gasteiger partial charge in [0.1, 0.15) is 5.82 Å². The number of ether oxygens (including phenoxy) is 2. The van der Waals surface area contributed by atoms with E-state index in [1.807, 2.05) is 6.92 Å². The Balaban J connectivity index is 2.36. The van der Waals surface area contributed by atoms with Crippen LogP contribution in [0.15, 0.2) is 41.3 Å². The third-order valence-electron chi connectivity index (χ3n) is 3.26. The molecule has 0 unspecified atom stereocenters. The Morgan fingerprint density at radius 3 is 2.29 bits per heavy atom. The highest BCUT2D eigenvalue weighted by atomic mass is 32.2. The fourth-order valence-corrected chi connectivity index (χ4v) is 3.29. The van der Waals surface area contributed by atoms with Gasteiger partial charge in [0.25, 0.3) is 10.0 Å². The van der Waals surface area contributed by atoms with Gasteiger partial charge in [-0.05, 0) is 56.7 Å². The number of benzene rings is 2. The summed E-state index contributed by atoms with van der Waals surface area (Å²) in [6.07, 6.45) is 0. The van der Waals surface area contributed by atoms with Crippen molar-refractivity contribution in [3.05, 3.63) is 47.8 Å². The maximum Gasteiger partial charge on any atom is 0.262 e. The number of sulfonamides is 1. The van der Waals surface area contributed by atoms with Crippen LogP contribution < -0.4 is 14.2 Å². The van der Waals surface area contributed by atoms with E-state index in [-0.39, 0.29) is 4.90 Å². The molecule has 0 spiro atoms. The van der Waals surface area contributed by atoms with Gasteiger partial charge in [-0.15, -0.1) is 0 Å². The molecule has 0 aliphatic heterocycles. The first-order valence-electron chi connectivity index (χ1n) is 7.56. The minimum Gasteiger partial charge on any atom is -0.490 e. The summed E-state index contributed by atoms with van der Waals surface area (Å²) < 4.78 is 51.6. The Bertz CT molecular complexity index is 821. The van der Waals surface area contributed by atoms with Crippen molar-refractivity contribution in [2.24, 2.45) is 0 Å². The van der Waals surface area contributed by atoms with Gasteiger partial charge in [0.2, 0.25) is 0 Å². The van der Waals surface area contributed by atoms with E-state index in [1.165, 1.54) is 30.3 Å². The highest BCUT2D eigenvalue weighted by Gasteiger charge is 2.18. The zero-order valence-electron chi connectivity index (χ0n) is 13.8. The Labute approximate surface area is 141 Å². The second-order valence-electron chi connectivity index (χ2n) is 5.04. The van der Waals surface area contributed by atoms with E-state index < -0.39 is 15.8 Å². The molecule has 0 heterocycles. The molecule has 2 aromatic carbocycles. The van der Waals surface area contributed by atoms with Gasteiger partial charge < -0.3 is 9.47 Å². The third-order valence-corrected chi connectivity index (χ3v) is 4.62. The Morgan fingerprint density at radius 2 is 1.67 bits per heavy atom. The molecule has 0 aliphatic carbocycles. The first kappa shape index (κ1) is 18.1. The number of aryl methyl sites for hydroxylation is 1. The zero-order chi connectivity index (χ0) is 17.7. The van der Waals surface area contributed by atoms with Crippen LogP contribution in [0.1, 0.15) is 19.4 Å². The zero-order valence-corrected chi connectivity index (χ0v) is 14.6. The number of anilines is 1. The van der Waals surface area contributed by atoms with E-state index in [1.54, 1.807) is 19.9 Å². The van der Waals surface area contributed by atoms with Crippen LogP contribution in [-0.2, 0) is 10.0 Å². The van der Waals surface area contributed by atoms with E-state index in [2.05, 4.69) is 4.72 Å². The molecule has 5 nitrogen and oxygen atoms in total. The molecule has 0 aromatic heterocycles. The molecule has 0 saturated carbocycles. The molecule has 0 bridgehead atoms. The van der Waals surface area contributed by atoms with Gasteiger partial charge in [-0.1, -0.05) is 0 Å². The first-order valence-corrected chi connectivity index (χ1v) is 9.04. The SMILES string of the molecule is CCOc1ccc(S(=O)(=O)Nc2ccc(F)cc2C)cc1OCC. The average molecular weight is 353 g/mol. The summed E-state index contributed by atoms with van der Waals surface area (Å²) in [5.74, 6) is 0.421. The lowest BCUT2D eigenvalue weighted by molar-refractivity contribution is 0.287. The molecule has 0 radical (unpaired) electrons. The van der Waals surface area contributed by atoms with Crippen molar-refractivity contribution in [1.29, 1.82) is 0 Å². The molecule has 24 heavy (non-hydrogen) atoms. The maximum absolute atomic E-state index is 13.2. The molecule has 0 atom stereocenters.